The number of amides is 1. The fraction of sp³-hybridized carbons (Fsp3) is 0.533. The molecule has 1 aromatic rings. The van der Waals surface area contributed by atoms with E-state index < -0.39 is 0 Å². The van der Waals surface area contributed by atoms with E-state index in [0.29, 0.717) is 30.8 Å². The molecule has 1 N–H and O–H groups in total. The van der Waals surface area contributed by atoms with Crippen LogP contribution in [-0.2, 0) is 9.53 Å². The predicted molar refractivity (Wildman–Crippen MR) is 82.5 cm³/mol. The number of morpholine rings is 1. The number of benzene rings is 1. The molecule has 2 rings (SSSR count). The lowest BCUT2D eigenvalue weighted by atomic mass is 10.1. The Morgan fingerprint density at radius 3 is 2.67 bits per heavy atom. The van der Waals surface area contributed by atoms with Crippen molar-refractivity contribution in [3.05, 3.63) is 34.1 Å². The molecule has 1 aliphatic rings. The van der Waals surface area contributed by atoms with Gasteiger partial charge in [-0.2, -0.15) is 0 Å². The van der Waals surface area contributed by atoms with Crippen LogP contribution < -0.4 is 5.32 Å². The molecule has 6 heteroatoms. The molecule has 0 radical (unpaired) electrons. The van der Waals surface area contributed by atoms with E-state index in [1.165, 1.54) is 6.07 Å². The lowest BCUT2D eigenvalue weighted by Crippen LogP contribution is -2.49. The van der Waals surface area contributed by atoms with Gasteiger partial charge < -0.3 is 9.64 Å². The summed E-state index contributed by atoms with van der Waals surface area (Å²) >= 11 is 3.18. The average Bonchev–Trinajstić information content (AvgIpc) is 2.50. The molecule has 0 saturated carbocycles. The molecule has 2 unspecified atom stereocenters. The van der Waals surface area contributed by atoms with Crippen LogP contribution in [0.4, 0.5) is 4.39 Å². The molecule has 1 aliphatic heterocycles. The zero-order valence-electron chi connectivity index (χ0n) is 12.2. The monoisotopic (exact) mass is 358 g/mol. The van der Waals surface area contributed by atoms with Gasteiger partial charge in [0.15, 0.2) is 0 Å². The van der Waals surface area contributed by atoms with E-state index in [0.717, 1.165) is 5.56 Å². The molecule has 21 heavy (non-hydrogen) atoms. The summed E-state index contributed by atoms with van der Waals surface area (Å²) in [6.07, 6.45) is 0. The Morgan fingerprint density at radius 1 is 1.38 bits per heavy atom. The smallest absolute Gasteiger partial charge is 0.239 e. The number of carbonyl (C=O) groups is 1. The summed E-state index contributed by atoms with van der Waals surface area (Å²) in [6.45, 7) is 6.29. The summed E-state index contributed by atoms with van der Waals surface area (Å²) in [5.74, 6) is -0.213. The quantitative estimate of drug-likeness (QED) is 0.898. The SMILES string of the molecule is CC(NC(C)c1ccc(F)c(Br)c1)C(=O)N1CCOCC1. The van der Waals surface area contributed by atoms with E-state index in [9.17, 15) is 9.18 Å². The van der Waals surface area contributed by atoms with Crippen LogP contribution in [0.3, 0.4) is 0 Å². The zero-order valence-corrected chi connectivity index (χ0v) is 13.8. The highest BCUT2D eigenvalue weighted by Crippen LogP contribution is 2.21. The number of hydrogen-bond acceptors (Lipinski definition) is 3. The van der Waals surface area contributed by atoms with Crippen molar-refractivity contribution in [1.29, 1.82) is 0 Å². The summed E-state index contributed by atoms with van der Waals surface area (Å²) in [7, 11) is 0. The number of nitrogens with zero attached hydrogens (tertiary/aromatic N) is 1. The fourth-order valence-corrected chi connectivity index (χ4v) is 2.78. The van der Waals surface area contributed by atoms with E-state index in [1.54, 1.807) is 12.1 Å². The van der Waals surface area contributed by atoms with Crippen LogP contribution in [-0.4, -0.2) is 43.2 Å². The van der Waals surface area contributed by atoms with Crippen LogP contribution in [0.2, 0.25) is 0 Å². The second-order valence-corrected chi connectivity index (χ2v) is 6.08. The molecule has 0 spiro atoms. The second-order valence-electron chi connectivity index (χ2n) is 5.22. The minimum atomic E-state index is -0.290. The van der Waals surface area contributed by atoms with Gasteiger partial charge in [-0.05, 0) is 47.5 Å². The minimum Gasteiger partial charge on any atom is -0.378 e. The zero-order chi connectivity index (χ0) is 15.4. The van der Waals surface area contributed by atoms with Gasteiger partial charge in [0.05, 0.1) is 23.7 Å². The van der Waals surface area contributed by atoms with Crippen molar-refractivity contribution in [1.82, 2.24) is 10.2 Å². The largest absolute Gasteiger partial charge is 0.378 e. The highest BCUT2D eigenvalue weighted by molar-refractivity contribution is 9.10. The van der Waals surface area contributed by atoms with Crippen LogP contribution >= 0.6 is 15.9 Å². The van der Waals surface area contributed by atoms with Crippen molar-refractivity contribution in [2.24, 2.45) is 0 Å². The lowest BCUT2D eigenvalue weighted by Gasteiger charge is -2.30. The van der Waals surface area contributed by atoms with Gasteiger partial charge in [0, 0.05) is 19.1 Å². The molecule has 1 heterocycles. The molecule has 1 saturated heterocycles. The summed E-state index contributed by atoms with van der Waals surface area (Å²) in [5, 5.41) is 3.26. The van der Waals surface area contributed by atoms with Crippen molar-refractivity contribution in [3.63, 3.8) is 0 Å². The van der Waals surface area contributed by atoms with Gasteiger partial charge in [0.1, 0.15) is 5.82 Å². The van der Waals surface area contributed by atoms with Crippen molar-refractivity contribution < 1.29 is 13.9 Å². The minimum absolute atomic E-state index is 0.0399. The number of hydrogen-bond donors (Lipinski definition) is 1. The summed E-state index contributed by atoms with van der Waals surface area (Å²) in [4.78, 5) is 14.1. The van der Waals surface area contributed by atoms with Crippen LogP contribution in [0.5, 0.6) is 0 Å². The summed E-state index contributed by atoms with van der Waals surface area (Å²) in [6, 6.07) is 4.55. The molecular formula is C15H20BrFN2O2. The van der Waals surface area contributed by atoms with Crippen LogP contribution in [0, 0.1) is 5.82 Å². The molecule has 116 valence electrons. The van der Waals surface area contributed by atoms with Crippen LogP contribution in [0.15, 0.2) is 22.7 Å². The third kappa shape index (κ3) is 4.25. The maximum absolute atomic E-state index is 13.3. The van der Waals surface area contributed by atoms with E-state index in [4.69, 9.17) is 4.74 Å². The van der Waals surface area contributed by atoms with Gasteiger partial charge >= 0.3 is 0 Å². The highest BCUT2D eigenvalue weighted by Gasteiger charge is 2.23. The van der Waals surface area contributed by atoms with Gasteiger partial charge in [-0.15, -0.1) is 0 Å². The van der Waals surface area contributed by atoms with Gasteiger partial charge in [-0.25, -0.2) is 4.39 Å². The molecule has 0 aliphatic carbocycles. The molecule has 0 aromatic heterocycles. The van der Waals surface area contributed by atoms with Crippen molar-refractivity contribution in [3.8, 4) is 0 Å². The van der Waals surface area contributed by atoms with Gasteiger partial charge in [-0.3, -0.25) is 10.1 Å². The Hall–Kier alpha value is -0.980. The summed E-state index contributed by atoms with van der Waals surface area (Å²) in [5.41, 5.74) is 0.935. The van der Waals surface area contributed by atoms with Crippen molar-refractivity contribution >= 4 is 21.8 Å². The standard InChI is InChI=1S/C15H20BrFN2O2/c1-10(12-3-4-14(17)13(16)9-12)18-11(2)15(20)19-5-7-21-8-6-19/h3-4,9-11,18H,5-8H2,1-2H3. The Balaban J connectivity index is 1.95. The van der Waals surface area contributed by atoms with Crippen LogP contribution in [0.25, 0.3) is 0 Å². The van der Waals surface area contributed by atoms with Crippen molar-refractivity contribution in [2.45, 2.75) is 25.9 Å². The first-order valence-corrected chi connectivity index (χ1v) is 7.86. The predicted octanol–water partition coefficient (Wildman–Crippen LogP) is 2.49. The Kier molecular flexibility index (Phi) is 5.72. The Bertz CT molecular complexity index is 506. The van der Waals surface area contributed by atoms with E-state index in [-0.39, 0.29) is 23.8 Å². The van der Waals surface area contributed by atoms with E-state index in [2.05, 4.69) is 21.2 Å². The Morgan fingerprint density at radius 2 is 2.05 bits per heavy atom. The second kappa shape index (κ2) is 7.33. The molecule has 1 amide bonds. The van der Waals surface area contributed by atoms with Crippen molar-refractivity contribution in [2.75, 3.05) is 26.3 Å². The molecule has 1 fully saturated rings. The maximum Gasteiger partial charge on any atom is 0.239 e. The third-order valence-electron chi connectivity index (χ3n) is 3.64. The van der Waals surface area contributed by atoms with E-state index >= 15 is 0 Å². The van der Waals surface area contributed by atoms with E-state index in [1.807, 2.05) is 18.7 Å². The Labute approximate surface area is 132 Å². The molecule has 2 atom stereocenters. The number of nitrogens with one attached hydrogen (secondary N) is 1. The number of rotatable bonds is 4. The topological polar surface area (TPSA) is 41.6 Å². The highest BCUT2D eigenvalue weighted by atomic mass is 79.9. The fourth-order valence-electron chi connectivity index (χ4n) is 2.38. The van der Waals surface area contributed by atoms with Gasteiger partial charge in [0.25, 0.3) is 0 Å². The maximum atomic E-state index is 13.3. The van der Waals surface area contributed by atoms with Gasteiger partial charge in [-0.1, -0.05) is 6.07 Å². The number of ether oxygens (including phenoxy) is 1. The first-order valence-electron chi connectivity index (χ1n) is 7.06. The average molecular weight is 359 g/mol. The first kappa shape index (κ1) is 16.4. The molecule has 0 bridgehead atoms. The van der Waals surface area contributed by atoms with Crippen LogP contribution in [0.1, 0.15) is 25.5 Å². The lowest BCUT2D eigenvalue weighted by molar-refractivity contribution is -0.137. The first-order chi connectivity index (χ1) is 9.99. The molecule has 4 nitrogen and oxygen atoms in total. The molecular weight excluding hydrogens is 339 g/mol. The third-order valence-corrected chi connectivity index (χ3v) is 4.24. The van der Waals surface area contributed by atoms with Gasteiger partial charge in [0.2, 0.25) is 5.91 Å². The normalized spacial score (nSPS) is 18.4. The molecule has 1 aromatic carbocycles. The summed E-state index contributed by atoms with van der Waals surface area (Å²) < 4.78 is 18.9. The number of carbonyl (C=O) groups excluding carboxylic acids is 1. The number of halogens is 2.